The second-order valence-corrected chi connectivity index (χ2v) is 7.09. The Bertz CT molecular complexity index is 481. The number of hydrogen-bond acceptors (Lipinski definition) is 3. The number of rotatable bonds is 5. The molecule has 0 spiro atoms. The summed E-state index contributed by atoms with van der Waals surface area (Å²) in [5.41, 5.74) is 1.43. The van der Waals surface area contributed by atoms with Gasteiger partial charge in [0.05, 0.1) is 5.56 Å². The average molecular weight is 358 g/mol. The molecule has 1 aromatic carbocycles. The van der Waals surface area contributed by atoms with Crippen molar-refractivity contribution in [2.45, 2.75) is 43.5 Å². The van der Waals surface area contributed by atoms with Crippen molar-refractivity contribution in [2.75, 3.05) is 6.26 Å². The van der Waals surface area contributed by atoms with Gasteiger partial charge in [-0.05, 0) is 36.8 Å². The van der Waals surface area contributed by atoms with E-state index in [2.05, 4.69) is 27.5 Å². The van der Waals surface area contributed by atoms with E-state index in [1.165, 1.54) is 25.7 Å². The van der Waals surface area contributed by atoms with E-state index in [-0.39, 0.29) is 0 Å². The summed E-state index contributed by atoms with van der Waals surface area (Å²) in [6, 6.07) is 5.78. The minimum absolute atomic E-state index is 0.320. The first-order chi connectivity index (χ1) is 9.61. The van der Waals surface area contributed by atoms with E-state index in [0.717, 1.165) is 16.6 Å². The van der Waals surface area contributed by atoms with Crippen molar-refractivity contribution in [3.63, 3.8) is 0 Å². The SMILES string of the molecule is CSC1CCCCC1NCc1ccc(C(=O)O)cc1Br. The van der Waals surface area contributed by atoms with Gasteiger partial charge in [0.25, 0.3) is 0 Å². The predicted molar refractivity (Wildman–Crippen MR) is 87.5 cm³/mol. The van der Waals surface area contributed by atoms with Crippen molar-refractivity contribution in [3.05, 3.63) is 33.8 Å². The normalized spacial score (nSPS) is 22.7. The standard InChI is InChI=1S/C15H20BrNO2S/c1-20-14-5-3-2-4-13(14)17-9-11-7-6-10(15(18)19)8-12(11)16/h6-8,13-14,17H,2-5,9H2,1H3,(H,18,19). The number of hydrogen-bond donors (Lipinski definition) is 2. The maximum absolute atomic E-state index is 10.9. The summed E-state index contributed by atoms with van der Waals surface area (Å²) in [7, 11) is 0. The van der Waals surface area contributed by atoms with Gasteiger partial charge < -0.3 is 10.4 Å². The molecule has 110 valence electrons. The number of aromatic carboxylic acids is 1. The molecular formula is C15H20BrNO2S. The number of nitrogens with one attached hydrogen (secondary N) is 1. The molecule has 2 N–H and O–H groups in total. The molecular weight excluding hydrogens is 338 g/mol. The molecule has 0 aliphatic heterocycles. The summed E-state index contributed by atoms with van der Waals surface area (Å²) in [5.74, 6) is -0.889. The van der Waals surface area contributed by atoms with E-state index in [1.54, 1.807) is 12.1 Å². The van der Waals surface area contributed by atoms with Crippen LogP contribution >= 0.6 is 27.7 Å². The van der Waals surface area contributed by atoms with Gasteiger partial charge in [-0.25, -0.2) is 4.79 Å². The van der Waals surface area contributed by atoms with Crippen LogP contribution in [0.1, 0.15) is 41.6 Å². The van der Waals surface area contributed by atoms with Crippen LogP contribution in [-0.2, 0) is 6.54 Å². The van der Waals surface area contributed by atoms with Crippen molar-refractivity contribution in [2.24, 2.45) is 0 Å². The molecule has 1 aromatic rings. The van der Waals surface area contributed by atoms with Crippen molar-refractivity contribution in [3.8, 4) is 0 Å². The van der Waals surface area contributed by atoms with E-state index in [0.29, 0.717) is 16.9 Å². The van der Waals surface area contributed by atoms with E-state index in [4.69, 9.17) is 5.11 Å². The third-order valence-electron chi connectivity index (χ3n) is 3.86. The van der Waals surface area contributed by atoms with Gasteiger partial charge in [0.2, 0.25) is 0 Å². The molecule has 1 aliphatic carbocycles. The Morgan fingerprint density at radius 3 is 2.85 bits per heavy atom. The molecule has 1 fully saturated rings. The zero-order valence-electron chi connectivity index (χ0n) is 11.6. The summed E-state index contributed by atoms with van der Waals surface area (Å²) in [6.07, 6.45) is 7.34. The first-order valence-corrected chi connectivity index (χ1v) is 8.98. The monoisotopic (exact) mass is 357 g/mol. The van der Waals surface area contributed by atoms with Gasteiger partial charge in [-0.3, -0.25) is 0 Å². The van der Waals surface area contributed by atoms with Crippen LogP contribution in [0.2, 0.25) is 0 Å². The molecule has 0 radical (unpaired) electrons. The zero-order valence-corrected chi connectivity index (χ0v) is 14.0. The minimum Gasteiger partial charge on any atom is -0.478 e. The highest BCUT2D eigenvalue weighted by Crippen LogP contribution is 2.28. The van der Waals surface area contributed by atoms with E-state index >= 15 is 0 Å². The van der Waals surface area contributed by atoms with Gasteiger partial charge in [-0.15, -0.1) is 0 Å². The molecule has 5 heteroatoms. The molecule has 0 amide bonds. The molecule has 0 aromatic heterocycles. The maximum atomic E-state index is 10.9. The van der Waals surface area contributed by atoms with Gasteiger partial charge in [0, 0.05) is 22.3 Å². The molecule has 0 heterocycles. The summed E-state index contributed by atoms with van der Waals surface area (Å²) in [4.78, 5) is 10.9. The molecule has 2 unspecified atom stereocenters. The topological polar surface area (TPSA) is 49.3 Å². The molecule has 1 aliphatic rings. The molecule has 0 bridgehead atoms. The van der Waals surface area contributed by atoms with Crippen LogP contribution in [0.4, 0.5) is 0 Å². The second-order valence-electron chi connectivity index (χ2n) is 5.16. The van der Waals surface area contributed by atoms with Gasteiger partial charge in [0.15, 0.2) is 0 Å². The molecule has 2 atom stereocenters. The van der Waals surface area contributed by atoms with Gasteiger partial charge in [0.1, 0.15) is 0 Å². The molecule has 2 rings (SSSR count). The summed E-state index contributed by atoms with van der Waals surface area (Å²) in [5, 5.41) is 13.3. The van der Waals surface area contributed by atoms with Gasteiger partial charge in [-0.2, -0.15) is 11.8 Å². The van der Waals surface area contributed by atoms with Gasteiger partial charge in [-0.1, -0.05) is 34.8 Å². The summed E-state index contributed by atoms with van der Waals surface area (Å²) < 4.78 is 0.862. The van der Waals surface area contributed by atoms with Crippen LogP contribution in [0.25, 0.3) is 0 Å². The highest BCUT2D eigenvalue weighted by atomic mass is 79.9. The van der Waals surface area contributed by atoms with Gasteiger partial charge >= 0.3 is 5.97 Å². The molecule has 20 heavy (non-hydrogen) atoms. The highest BCUT2D eigenvalue weighted by Gasteiger charge is 2.23. The Labute approximate surface area is 132 Å². The number of carbonyl (C=O) groups is 1. The lowest BCUT2D eigenvalue weighted by Crippen LogP contribution is -2.40. The Morgan fingerprint density at radius 2 is 2.20 bits per heavy atom. The zero-order chi connectivity index (χ0) is 14.5. The lowest BCUT2D eigenvalue weighted by atomic mass is 9.94. The minimum atomic E-state index is -0.889. The summed E-state index contributed by atoms with van der Waals surface area (Å²) in [6.45, 7) is 0.780. The lowest BCUT2D eigenvalue weighted by Gasteiger charge is -2.31. The number of benzene rings is 1. The number of carboxylic acid groups (broad SMARTS) is 1. The fourth-order valence-electron chi connectivity index (χ4n) is 2.68. The molecule has 1 saturated carbocycles. The van der Waals surface area contributed by atoms with Crippen molar-refractivity contribution in [1.29, 1.82) is 0 Å². The van der Waals surface area contributed by atoms with Crippen molar-refractivity contribution < 1.29 is 9.90 Å². The Kier molecular flexibility index (Phi) is 5.93. The first kappa shape index (κ1) is 15.9. The lowest BCUT2D eigenvalue weighted by molar-refractivity contribution is 0.0697. The average Bonchev–Trinajstić information content (AvgIpc) is 2.46. The van der Waals surface area contributed by atoms with Crippen molar-refractivity contribution >= 4 is 33.7 Å². The molecule has 0 saturated heterocycles. The second kappa shape index (κ2) is 7.48. The van der Waals surface area contributed by atoms with Crippen LogP contribution in [0.5, 0.6) is 0 Å². The fourth-order valence-corrected chi connectivity index (χ4v) is 4.16. The number of halogens is 1. The van der Waals surface area contributed by atoms with Crippen LogP contribution in [0.15, 0.2) is 22.7 Å². The Morgan fingerprint density at radius 1 is 1.45 bits per heavy atom. The van der Waals surface area contributed by atoms with Crippen LogP contribution < -0.4 is 5.32 Å². The number of thioether (sulfide) groups is 1. The van der Waals surface area contributed by atoms with E-state index in [9.17, 15) is 4.79 Å². The van der Waals surface area contributed by atoms with E-state index < -0.39 is 5.97 Å². The smallest absolute Gasteiger partial charge is 0.335 e. The predicted octanol–water partition coefficient (Wildman–Crippen LogP) is 3.91. The van der Waals surface area contributed by atoms with Crippen molar-refractivity contribution in [1.82, 2.24) is 5.32 Å². The van der Waals surface area contributed by atoms with Crippen LogP contribution in [0.3, 0.4) is 0 Å². The van der Waals surface area contributed by atoms with Crippen LogP contribution in [0, 0.1) is 0 Å². The molecule has 3 nitrogen and oxygen atoms in total. The highest BCUT2D eigenvalue weighted by molar-refractivity contribution is 9.10. The third kappa shape index (κ3) is 3.99. The largest absolute Gasteiger partial charge is 0.478 e. The maximum Gasteiger partial charge on any atom is 0.335 e. The van der Waals surface area contributed by atoms with Crippen LogP contribution in [-0.4, -0.2) is 28.6 Å². The Hall–Kier alpha value is -0.520. The third-order valence-corrected chi connectivity index (χ3v) is 5.77. The summed E-state index contributed by atoms with van der Waals surface area (Å²) >= 11 is 5.41. The Balaban J connectivity index is 1.98. The quantitative estimate of drug-likeness (QED) is 0.838. The fraction of sp³-hybridized carbons (Fsp3) is 0.533. The number of carboxylic acids is 1. The first-order valence-electron chi connectivity index (χ1n) is 6.89. The van der Waals surface area contributed by atoms with E-state index in [1.807, 2.05) is 17.8 Å².